The highest BCUT2D eigenvalue weighted by molar-refractivity contribution is 5.31. The van der Waals surface area contributed by atoms with Gasteiger partial charge in [0.2, 0.25) is 0 Å². The number of rotatable bonds is 6. The molecule has 0 aliphatic heterocycles. The molecule has 1 rings (SSSR count). The van der Waals surface area contributed by atoms with Crippen molar-refractivity contribution in [3.8, 4) is 5.75 Å². The number of hydrogen-bond acceptors (Lipinski definition) is 3. The molecule has 0 aliphatic rings. The number of aliphatic hydroxyl groups excluding tert-OH is 1. The van der Waals surface area contributed by atoms with Crippen LogP contribution in [0.5, 0.6) is 5.75 Å². The van der Waals surface area contributed by atoms with Crippen LogP contribution in [0.2, 0.25) is 0 Å². The topological polar surface area (TPSA) is 55.5 Å². The number of methoxy groups -OCH3 is 1. The van der Waals surface area contributed by atoms with Gasteiger partial charge < -0.3 is 15.6 Å². The Morgan fingerprint density at radius 2 is 2.06 bits per heavy atom. The summed E-state index contributed by atoms with van der Waals surface area (Å²) >= 11 is 0. The van der Waals surface area contributed by atoms with Gasteiger partial charge in [0.15, 0.2) is 0 Å². The average molecular weight is 237 g/mol. The third kappa shape index (κ3) is 4.02. The molecule has 0 amide bonds. The lowest BCUT2D eigenvalue weighted by molar-refractivity contribution is 0.121. The van der Waals surface area contributed by atoms with Gasteiger partial charge in [0.05, 0.1) is 13.2 Å². The van der Waals surface area contributed by atoms with Crippen LogP contribution in [-0.2, 0) is 0 Å². The maximum atomic E-state index is 10.2. The fourth-order valence-corrected chi connectivity index (χ4v) is 2.03. The van der Waals surface area contributed by atoms with E-state index in [9.17, 15) is 5.11 Å². The molecule has 0 radical (unpaired) electrons. The molecule has 0 aromatic heterocycles. The van der Waals surface area contributed by atoms with Gasteiger partial charge in [0.1, 0.15) is 5.75 Å². The molecule has 17 heavy (non-hydrogen) atoms. The van der Waals surface area contributed by atoms with Gasteiger partial charge in [-0.05, 0) is 30.0 Å². The first-order valence-electron chi connectivity index (χ1n) is 6.10. The molecule has 0 bridgehead atoms. The average Bonchev–Trinajstić information content (AvgIpc) is 2.29. The van der Waals surface area contributed by atoms with Gasteiger partial charge in [-0.2, -0.15) is 0 Å². The summed E-state index contributed by atoms with van der Waals surface area (Å²) in [5.41, 5.74) is 6.81. The largest absolute Gasteiger partial charge is 0.497 e. The molecule has 3 N–H and O–H groups in total. The summed E-state index contributed by atoms with van der Waals surface area (Å²) < 4.78 is 5.19. The fraction of sp³-hybridized carbons (Fsp3) is 0.571. The Balaban J connectivity index is 2.84. The first kappa shape index (κ1) is 14.0. The number of aliphatic hydroxyl groups is 1. The van der Waals surface area contributed by atoms with Gasteiger partial charge in [0.25, 0.3) is 0 Å². The predicted molar refractivity (Wildman–Crippen MR) is 70.3 cm³/mol. The van der Waals surface area contributed by atoms with Crippen molar-refractivity contribution in [2.24, 2.45) is 11.7 Å². The third-order valence-electron chi connectivity index (χ3n) is 2.95. The number of ether oxygens (including phenoxy) is 1. The molecular formula is C14H23NO2. The van der Waals surface area contributed by atoms with E-state index in [0.717, 1.165) is 17.7 Å². The van der Waals surface area contributed by atoms with Crippen LogP contribution < -0.4 is 10.5 Å². The minimum absolute atomic E-state index is 0.0208. The number of nitrogens with two attached hydrogens (primary N) is 1. The van der Waals surface area contributed by atoms with Crippen LogP contribution in [0.1, 0.15) is 31.7 Å². The van der Waals surface area contributed by atoms with Gasteiger partial charge >= 0.3 is 0 Å². The van der Waals surface area contributed by atoms with Crippen LogP contribution in [-0.4, -0.2) is 24.9 Å². The lowest BCUT2D eigenvalue weighted by atomic mass is 9.88. The van der Waals surface area contributed by atoms with Gasteiger partial charge in [0, 0.05) is 12.5 Å². The molecule has 0 saturated heterocycles. The van der Waals surface area contributed by atoms with Crippen LogP contribution in [0, 0.1) is 5.92 Å². The van der Waals surface area contributed by atoms with Crippen molar-refractivity contribution in [3.63, 3.8) is 0 Å². The van der Waals surface area contributed by atoms with E-state index in [1.807, 2.05) is 24.3 Å². The zero-order valence-electron chi connectivity index (χ0n) is 10.9. The summed E-state index contributed by atoms with van der Waals surface area (Å²) in [6.07, 6.45) is 0.367. The molecule has 0 fully saturated rings. The molecule has 0 spiro atoms. The molecule has 1 aromatic carbocycles. The summed E-state index contributed by atoms with van der Waals surface area (Å²) in [4.78, 5) is 0. The minimum Gasteiger partial charge on any atom is -0.497 e. The molecule has 0 heterocycles. The summed E-state index contributed by atoms with van der Waals surface area (Å²) in [6, 6.07) is 7.76. The third-order valence-corrected chi connectivity index (χ3v) is 2.95. The van der Waals surface area contributed by atoms with E-state index < -0.39 is 6.10 Å². The predicted octanol–water partition coefficient (Wildman–Crippen LogP) is 2.14. The second-order valence-corrected chi connectivity index (χ2v) is 4.82. The first-order valence-corrected chi connectivity index (χ1v) is 6.10. The molecule has 2 unspecified atom stereocenters. The maximum absolute atomic E-state index is 10.2. The molecule has 0 saturated carbocycles. The fourth-order valence-electron chi connectivity index (χ4n) is 2.03. The maximum Gasteiger partial charge on any atom is 0.119 e. The Labute approximate surface area is 104 Å². The molecular weight excluding hydrogens is 214 g/mol. The lowest BCUT2D eigenvalue weighted by Gasteiger charge is -2.23. The smallest absolute Gasteiger partial charge is 0.119 e. The summed E-state index contributed by atoms with van der Waals surface area (Å²) in [7, 11) is 1.64. The standard InChI is InChI=1S/C14H23NO2/c1-10(2)7-14(16)13(9-15)11-5-4-6-12(8-11)17-3/h4-6,8,10,13-14,16H,7,9,15H2,1-3H3. The zero-order valence-corrected chi connectivity index (χ0v) is 10.9. The summed E-state index contributed by atoms with van der Waals surface area (Å²) in [5, 5.41) is 10.2. The van der Waals surface area contributed by atoms with Crippen LogP contribution in [0.25, 0.3) is 0 Å². The van der Waals surface area contributed by atoms with Crippen molar-refractivity contribution < 1.29 is 9.84 Å². The van der Waals surface area contributed by atoms with Crippen LogP contribution in [0.15, 0.2) is 24.3 Å². The molecule has 96 valence electrons. The minimum atomic E-state index is -0.396. The second-order valence-electron chi connectivity index (χ2n) is 4.82. The number of benzene rings is 1. The molecule has 3 heteroatoms. The van der Waals surface area contributed by atoms with E-state index in [4.69, 9.17) is 10.5 Å². The van der Waals surface area contributed by atoms with E-state index in [1.165, 1.54) is 0 Å². The van der Waals surface area contributed by atoms with Crippen molar-refractivity contribution in [2.75, 3.05) is 13.7 Å². The molecule has 1 aromatic rings. The van der Waals surface area contributed by atoms with Crippen molar-refractivity contribution in [1.29, 1.82) is 0 Å². The van der Waals surface area contributed by atoms with Gasteiger partial charge in [-0.3, -0.25) is 0 Å². The van der Waals surface area contributed by atoms with Gasteiger partial charge in [-0.25, -0.2) is 0 Å². The van der Waals surface area contributed by atoms with E-state index in [2.05, 4.69) is 13.8 Å². The highest BCUT2D eigenvalue weighted by Gasteiger charge is 2.20. The van der Waals surface area contributed by atoms with Crippen LogP contribution in [0.4, 0.5) is 0 Å². The second kappa shape index (κ2) is 6.62. The Morgan fingerprint density at radius 1 is 1.35 bits per heavy atom. The van der Waals surface area contributed by atoms with Crippen molar-refractivity contribution in [2.45, 2.75) is 32.3 Å². The highest BCUT2D eigenvalue weighted by Crippen LogP contribution is 2.25. The molecule has 3 nitrogen and oxygen atoms in total. The molecule has 2 atom stereocenters. The van der Waals surface area contributed by atoms with Crippen molar-refractivity contribution in [1.82, 2.24) is 0 Å². The summed E-state index contributed by atoms with van der Waals surface area (Å²) in [6.45, 7) is 4.64. The van der Waals surface area contributed by atoms with Gasteiger partial charge in [-0.1, -0.05) is 26.0 Å². The van der Waals surface area contributed by atoms with E-state index in [-0.39, 0.29) is 5.92 Å². The lowest BCUT2D eigenvalue weighted by Crippen LogP contribution is -2.27. The normalized spacial score (nSPS) is 14.7. The Bertz CT molecular complexity index is 339. The Morgan fingerprint density at radius 3 is 2.59 bits per heavy atom. The van der Waals surface area contributed by atoms with E-state index in [1.54, 1.807) is 7.11 Å². The Hall–Kier alpha value is -1.06. The van der Waals surface area contributed by atoms with Crippen molar-refractivity contribution >= 4 is 0 Å². The van der Waals surface area contributed by atoms with E-state index in [0.29, 0.717) is 12.5 Å². The SMILES string of the molecule is COc1cccc(C(CN)C(O)CC(C)C)c1. The van der Waals surface area contributed by atoms with Gasteiger partial charge in [-0.15, -0.1) is 0 Å². The molecule has 0 aliphatic carbocycles. The highest BCUT2D eigenvalue weighted by atomic mass is 16.5. The van der Waals surface area contributed by atoms with Crippen LogP contribution in [0.3, 0.4) is 0 Å². The number of hydrogen-bond donors (Lipinski definition) is 2. The Kier molecular flexibility index (Phi) is 5.45. The van der Waals surface area contributed by atoms with Crippen LogP contribution >= 0.6 is 0 Å². The van der Waals surface area contributed by atoms with E-state index >= 15 is 0 Å². The zero-order chi connectivity index (χ0) is 12.8. The first-order chi connectivity index (χ1) is 8.08. The van der Waals surface area contributed by atoms with Crippen molar-refractivity contribution in [3.05, 3.63) is 29.8 Å². The monoisotopic (exact) mass is 237 g/mol. The summed E-state index contributed by atoms with van der Waals surface area (Å²) in [5.74, 6) is 1.25. The quantitative estimate of drug-likeness (QED) is 0.797.